The van der Waals surface area contributed by atoms with Gasteiger partial charge in [-0.2, -0.15) is 0 Å². The quantitative estimate of drug-likeness (QED) is 0.268. The molecule has 0 saturated heterocycles. The molecular formula is C16H48O6Si8. The van der Waals surface area contributed by atoms with Crippen molar-refractivity contribution in [2.45, 2.75) is 90.7 Å². The Balaban J connectivity index is 5.66. The number of hydrogen-bond donors (Lipinski definition) is 0. The Labute approximate surface area is 198 Å². The van der Waals surface area contributed by atoms with Crippen molar-refractivity contribution in [1.29, 1.82) is 0 Å². The van der Waals surface area contributed by atoms with Gasteiger partial charge in [-0.3, -0.25) is 0 Å². The van der Waals surface area contributed by atoms with Crippen LogP contribution in [0.5, 0.6) is 0 Å². The van der Waals surface area contributed by atoms with E-state index in [0.717, 1.165) is 12.1 Å². The topological polar surface area (TPSA) is 55.4 Å². The molecule has 6 nitrogen and oxygen atoms in total. The lowest BCUT2D eigenvalue weighted by atomic mass is 10.9. The van der Waals surface area contributed by atoms with Crippen LogP contribution in [0.1, 0.15) is 0 Å². The van der Waals surface area contributed by atoms with Crippen molar-refractivity contribution in [3.63, 3.8) is 0 Å². The molecule has 0 aliphatic rings. The third-order valence-corrected chi connectivity index (χ3v) is 26.8. The van der Waals surface area contributed by atoms with Gasteiger partial charge in [-0.1, -0.05) is 0 Å². The third kappa shape index (κ3) is 13.1. The SMILES string of the molecule is C=C[Si](O[SiH](C)C)(O[SiH](C)C)O[Si](C)(C)CC[Si](O[SiH](C)C)(O[SiH](C)C)O[SiH](C)C. The maximum absolute atomic E-state index is 6.78. The normalized spacial score (nSPS) is 14.0. The summed E-state index contributed by atoms with van der Waals surface area (Å²) in [5.41, 5.74) is 1.85. The second-order valence-corrected chi connectivity index (χ2v) is 33.2. The minimum Gasteiger partial charge on any atom is -0.420 e. The Morgan fingerprint density at radius 1 is 0.600 bits per heavy atom. The summed E-state index contributed by atoms with van der Waals surface area (Å²) in [6.07, 6.45) is 0. The molecular weight excluding hydrogens is 513 g/mol. The summed E-state index contributed by atoms with van der Waals surface area (Å²) < 4.78 is 39.2. The predicted octanol–water partition coefficient (Wildman–Crippen LogP) is 3.81. The van der Waals surface area contributed by atoms with Crippen molar-refractivity contribution < 1.29 is 24.7 Å². The Morgan fingerprint density at radius 2 is 0.933 bits per heavy atom. The highest BCUT2D eigenvalue weighted by Crippen LogP contribution is 2.29. The molecule has 14 heteroatoms. The molecule has 0 aromatic carbocycles. The van der Waals surface area contributed by atoms with Gasteiger partial charge in [0.2, 0.25) is 0 Å². The minimum absolute atomic E-state index is 0.827. The lowest BCUT2D eigenvalue weighted by molar-refractivity contribution is 0.264. The molecule has 180 valence electrons. The van der Waals surface area contributed by atoms with Gasteiger partial charge in [-0.25, -0.2) is 0 Å². The van der Waals surface area contributed by atoms with Crippen LogP contribution in [0.3, 0.4) is 0 Å². The van der Waals surface area contributed by atoms with Gasteiger partial charge >= 0.3 is 17.6 Å². The van der Waals surface area contributed by atoms with E-state index in [-0.39, 0.29) is 0 Å². The first-order valence-electron chi connectivity index (χ1n) is 11.3. The number of rotatable bonds is 16. The van der Waals surface area contributed by atoms with E-state index >= 15 is 0 Å². The molecule has 0 aromatic heterocycles. The molecule has 0 amide bonds. The number of hydrogen-bond acceptors (Lipinski definition) is 6. The van der Waals surface area contributed by atoms with E-state index in [2.05, 4.69) is 85.1 Å². The lowest BCUT2D eigenvalue weighted by Gasteiger charge is -2.40. The van der Waals surface area contributed by atoms with Gasteiger partial charge < -0.3 is 24.7 Å². The second kappa shape index (κ2) is 13.8. The minimum atomic E-state index is -2.86. The molecule has 0 fully saturated rings. The van der Waals surface area contributed by atoms with E-state index in [1.807, 2.05) is 5.70 Å². The molecule has 0 unspecified atom stereocenters. The summed E-state index contributed by atoms with van der Waals surface area (Å²) in [5.74, 6) is 0. The Kier molecular flexibility index (Phi) is 14.4. The van der Waals surface area contributed by atoms with Gasteiger partial charge in [0.25, 0.3) is 0 Å². The Morgan fingerprint density at radius 3 is 1.20 bits per heavy atom. The van der Waals surface area contributed by atoms with Gasteiger partial charge in [0, 0.05) is 6.04 Å². The fraction of sp³-hybridized carbons (Fsp3) is 0.875. The zero-order valence-electron chi connectivity index (χ0n) is 21.5. The molecule has 0 bridgehead atoms. The maximum atomic E-state index is 6.78. The molecule has 0 spiro atoms. The van der Waals surface area contributed by atoms with Crippen molar-refractivity contribution in [2.75, 3.05) is 0 Å². The van der Waals surface area contributed by atoms with Crippen molar-refractivity contribution in [2.24, 2.45) is 0 Å². The zero-order chi connectivity index (χ0) is 23.8. The molecule has 0 heterocycles. The summed E-state index contributed by atoms with van der Waals surface area (Å²) >= 11 is 0. The highest BCUT2D eigenvalue weighted by atomic mass is 28.5. The van der Waals surface area contributed by atoms with Gasteiger partial charge in [0.05, 0.1) is 0 Å². The van der Waals surface area contributed by atoms with E-state index in [1.165, 1.54) is 0 Å². The van der Waals surface area contributed by atoms with Crippen LogP contribution >= 0.6 is 0 Å². The van der Waals surface area contributed by atoms with Crippen LogP contribution in [0.4, 0.5) is 0 Å². The van der Waals surface area contributed by atoms with Gasteiger partial charge in [-0.15, -0.1) is 6.58 Å². The summed E-state index contributed by atoms with van der Waals surface area (Å²) in [6, 6.07) is 1.74. The largest absolute Gasteiger partial charge is 0.497 e. The van der Waals surface area contributed by atoms with Crippen LogP contribution in [0.25, 0.3) is 0 Å². The fourth-order valence-corrected chi connectivity index (χ4v) is 30.8. The van der Waals surface area contributed by atoms with Crippen molar-refractivity contribution in [1.82, 2.24) is 0 Å². The summed E-state index contributed by atoms with van der Waals surface area (Å²) in [7, 11) is -14.2. The van der Waals surface area contributed by atoms with E-state index in [1.54, 1.807) is 0 Å². The Bertz CT molecular complexity index is 468. The van der Waals surface area contributed by atoms with E-state index in [0.29, 0.717) is 0 Å². The Hall–Kier alpha value is 1.24. The summed E-state index contributed by atoms with van der Waals surface area (Å²) in [5, 5.41) is 0. The van der Waals surface area contributed by atoms with Crippen molar-refractivity contribution in [3.05, 3.63) is 12.3 Å². The highest BCUT2D eigenvalue weighted by molar-refractivity contribution is 6.88. The predicted molar refractivity (Wildman–Crippen MR) is 150 cm³/mol. The summed E-state index contributed by atoms with van der Waals surface area (Å²) in [6.45, 7) is 30.4. The van der Waals surface area contributed by atoms with Crippen LogP contribution in [0.2, 0.25) is 90.7 Å². The molecule has 0 aromatic rings. The van der Waals surface area contributed by atoms with Gasteiger partial charge in [0.15, 0.2) is 53.5 Å². The summed E-state index contributed by atoms with van der Waals surface area (Å²) in [4.78, 5) is 0. The molecule has 0 atom stereocenters. The zero-order valence-corrected chi connectivity index (χ0v) is 30.3. The molecule has 0 saturated carbocycles. The van der Waals surface area contributed by atoms with Gasteiger partial charge in [0.1, 0.15) is 0 Å². The van der Waals surface area contributed by atoms with E-state index in [9.17, 15) is 0 Å². The molecule has 30 heavy (non-hydrogen) atoms. The molecule has 0 N–H and O–H groups in total. The van der Waals surface area contributed by atoms with Crippen molar-refractivity contribution in [3.8, 4) is 0 Å². The first kappa shape index (κ1) is 31.2. The molecule has 0 aliphatic heterocycles. The third-order valence-electron chi connectivity index (χ3n) is 3.75. The van der Waals surface area contributed by atoms with Gasteiger partial charge in [-0.05, 0) is 90.3 Å². The molecule has 0 aliphatic carbocycles. The van der Waals surface area contributed by atoms with E-state index < -0.39 is 71.1 Å². The fourth-order valence-electron chi connectivity index (χ4n) is 3.10. The second-order valence-electron chi connectivity index (χ2n) is 9.69. The highest BCUT2D eigenvalue weighted by Gasteiger charge is 2.48. The molecule has 0 rings (SSSR count). The lowest BCUT2D eigenvalue weighted by Crippen LogP contribution is -2.57. The van der Waals surface area contributed by atoms with E-state index in [4.69, 9.17) is 24.7 Å². The van der Waals surface area contributed by atoms with Crippen LogP contribution in [0.15, 0.2) is 12.3 Å². The molecule has 0 radical (unpaired) electrons. The average molecular weight is 561 g/mol. The smallest absolute Gasteiger partial charge is 0.420 e. The van der Waals surface area contributed by atoms with Crippen LogP contribution in [-0.2, 0) is 24.7 Å². The van der Waals surface area contributed by atoms with Crippen LogP contribution < -0.4 is 0 Å². The van der Waals surface area contributed by atoms with Crippen LogP contribution in [0, 0.1) is 0 Å². The first-order chi connectivity index (χ1) is 13.6. The first-order valence-corrected chi connectivity index (χ1v) is 32.0. The van der Waals surface area contributed by atoms with Crippen LogP contribution in [-0.4, -0.2) is 71.1 Å². The maximum Gasteiger partial charge on any atom is 0.497 e. The average Bonchev–Trinajstić information content (AvgIpc) is 2.49. The monoisotopic (exact) mass is 560 g/mol. The van der Waals surface area contributed by atoms with Crippen molar-refractivity contribution >= 4 is 71.1 Å². The standard InChI is InChI=1S/C16H48O6Si8/c1-14-29(17-23(2)3,18-24(4)5)22-28(12,13)15-16-30(19-25(6)7,20-26(8)9)21-27(10)11/h14,23-27H,1,15-16H2,2-13H3.